The topological polar surface area (TPSA) is 179 Å². The summed E-state index contributed by atoms with van der Waals surface area (Å²) in [7, 11) is -3.78. The van der Waals surface area contributed by atoms with Crippen molar-refractivity contribution < 1.29 is 32.0 Å². The highest BCUT2D eigenvalue weighted by atomic mass is 79.9. The number of carbonyl (C=O) groups excluding carboxylic acids is 2. The first kappa shape index (κ1) is 24.4. The van der Waals surface area contributed by atoms with Crippen LogP contribution in [0.2, 0.25) is 0 Å². The molecule has 29 heavy (non-hydrogen) atoms. The number of aldehydes is 1. The summed E-state index contributed by atoms with van der Waals surface area (Å²) in [6.07, 6.45) is 1.20. The summed E-state index contributed by atoms with van der Waals surface area (Å²) in [6.45, 7) is -0.884. The van der Waals surface area contributed by atoms with Crippen LogP contribution in [0.25, 0.3) is 0 Å². The molecule has 0 aliphatic heterocycles. The van der Waals surface area contributed by atoms with E-state index in [2.05, 4.69) is 25.4 Å². The normalized spacial score (nSPS) is 11.0. The van der Waals surface area contributed by atoms with Crippen molar-refractivity contribution in [3.63, 3.8) is 0 Å². The number of amides is 1. The molecule has 0 aliphatic carbocycles. The monoisotopic (exact) mass is 496 g/mol. The van der Waals surface area contributed by atoms with Crippen LogP contribution in [0.15, 0.2) is 12.1 Å². The lowest BCUT2D eigenvalue weighted by molar-refractivity contribution is -0.393. The van der Waals surface area contributed by atoms with Crippen LogP contribution in [0.5, 0.6) is 0 Å². The van der Waals surface area contributed by atoms with Gasteiger partial charge in [-0.1, -0.05) is 15.9 Å². The van der Waals surface area contributed by atoms with Crippen LogP contribution in [0, 0.1) is 20.2 Å². The van der Waals surface area contributed by atoms with E-state index in [1.165, 1.54) is 4.90 Å². The largest absolute Gasteiger partial charge is 0.362 e. The van der Waals surface area contributed by atoms with Gasteiger partial charge in [-0.05, 0) is 0 Å². The first-order valence-corrected chi connectivity index (χ1v) is 10.8. The van der Waals surface area contributed by atoms with Crippen molar-refractivity contribution in [1.29, 1.82) is 0 Å². The lowest BCUT2D eigenvalue weighted by Crippen LogP contribution is -2.34. The molecule has 1 aromatic carbocycles. The molecular weight excluding hydrogens is 480 g/mol. The molecule has 0 fully saturated rings. The number of anilines is 1. The van der Waals surface area contributed by atoms with Gasteiger partial charge in [0.05, 0.1) is 40.9 Å². The number of carbonyl (C=O) groups is 2. The Morgan fingerprint density at radius 1 is 1.28 bits per heavy atom. The number of nitrogens with zero attached hydrogens (tertiary/aromatic N) is 3. The van der Waals surface area contributed by atoms with Crippen LogP contribution in [0.4, 0.5) is 17.1 Å². The zero-order valence-corrected chi connectivity index (χ0v) is 17.5. The number of benzene rings is 1. The van der Waals surface area contributed by atoms with E-state index in [0.29, 0.717) is 12.4 Å². The average Bonchev–Trinajstić information content (AvgIpc) is 2.63. The van der Waals surface area contributed by atoms with Gasteiger partial charge in [-0.2, -0.15) is 8.42 Å². The molecule has 0 heterocycles. The van der Waals surface area contributed by atoms with Gasteiger partial charge in [0.1, 0.15) is 12.0 Å². The molecule has 15 heteroatoms. The molecule has 0 atom stereocenters. The van der Waals surface area contributed by atoms with E-state index in [1.807, 2.05) is 0 Å². The Morgan fingerprint density at radius 2 is 1.93 bits per heavy atom. The second kappa shape index (κ2) is 10.8. The molecule has 0 radical (unpaired) electrons. The van der Waals surface area contributed by atoms with Crippen molar-refractivity contribution in [2.45, 2.75) is 0 Å². The van der Waals surface area contributed by atoms with E-state index < -0.39 is 49.4 Å². The van der Waals surface area contributed by atoms with Crippen LogP contribution >= 0.6 is 15.9 Å². The molecule has 160 valence electrons. The lowest BCUT2D eigenvalue weighted by atomic mass is 10.1. The summed E-state index contributed by atoms with van der Waals surface area (Å²) in [5.41, 5.74) is -2.09. The van der Waals surface area contributed by atoms with Gasteiger partial charge in [0.15, 0.2) is 0 Å². The fraction of sp³-hybridized carbons (Fsp3) is 0.429. The number of hydrogen-bond donors (Lipinski definition) is 1. The van der Waals surface area contributed by atoms with Gasteiger partial charge in [-0.3, -0.25) is 29.2 Å². The number of nitro benzene ring substituents is 2. The molecule has 1 N–H and O–H groups in total. The number of alkyl halides is 1. The summed E-state index contributed by atoms with van der Waals surface area (Å²) in [5.74, 6) is -0.942. The summed E-state index contributed by atoms with van der Waals surface area (Å²) < 4.78 is 27.0. The summed E-state index contributed by atoms with van der Waals surface area (Å²) in [4.78, 5) is 45.2. The van der Waals surface area contributed by atoms with E-state index >= 15 is 0 Å². The quantitative estimate of drug-likeness (QED) is 0.141. The second-order valence-corrected chi connectivity index (χ2v) is 7.89. The van der Waals surface area contributed by atoms with Crippen LogP contribution in [0.1, 0.15) is 10.4 Å². The minimum absolute atomic E-state index is 0.0831. The number of rotatable bonds is 12. The van der Waals surface area contributed by atoms with Gasteiger partial charge in [0, 0.05) is 24.5 Å². The van der Waals surface area contributed by atoms with Gasteiger partial charge in [-0.15, -0.1) is 0 Å². The molecule has 0 aromatic heterocycles. The van der Waals surface area contributed by atoms with Crippen LogP contribution in [-0.2, 0) is 19.1 Å². The molecule has 0 saturated carbocycles. The first-order valence-electron chi connectivity index (χ1n) is 7.85. The number of nitro groups is 2. The zero-order chi connectivity index (χ0) is 22.2. The van der Waals surface area contributed by atoms with Gasteiger partial charge in [0.25, 0.3) is 27.4 Å². The summed E-state index contributed by atoms with van der Waals surface area (Å²) in [5, 5.41) is 25.2. The van der Waals surface area contributed by atoms with Gasteiger partial charge in [0.2, 0.25) is 0 Å². The van der Waals surface area contributed by atoms with Gasteiger partial charge >= 0.3 is 0 Å². The van der Waals surface area contributed by atoms with E-state index in [0.717, 1.165) is 12.3 Å². The van der Waals surface area contributed by atoms with Gasteiger partial charge < -0.3 is 15.0 Å². The maximum Gasteiger partial charge on any atom is 0.300 e. The van der Waals surface area contributed by atoms with Crippen molar-refractivity contribution in [1.82, 2.24) is 5.32 Å². The summed E-state index contributed by atoms with van der Waals surface area (Å²) in [6, 6.07) is 1.55. The minimum atomic E-state index is -3.78. The zero-order valence-electron chi connectivity index (χ0n) is 15.1. The third kappa shape index (κ3) is 7.35. The van der Waals surface area contributed by atoms with Crippen molar-refractivity contribution in [3.8, 4) is 0 Å². The molecule has 13 nitrogen and oxygen atoms in total. The Labute approximate surface area is 173 Å². The highest BCUT2D eigenvalue weighted by Gasteiger charge is 2.31. The van der Waals surface area contributed by atoms with Crippen LogP contribution in [0.3, 0.4) is 0 Å². The number of non-ortho nitro benzene ring substituents is 1. The predicted octanol–water partition coefficient (Wildman–Crippen LogP) is 0.609. The third-order valence-corrected chi connectivity index (χ3v) is 4.35. The molecule has 1 amide bonds. The molecule has 0 bridgehead atoms. The Kier molecular flexibility index (Phi) is 9.06. The van der Waals surface area contributed by atoms with Gasteiger partial charge in [-0.25, -0.2) is 0 Å². The van der Waals surface area contributed by atoms with E-state index in [4.69, 9.17) is 0 Å². The highest BCUT2D eigenvalue weighted by Crippen LogP contribution is 2.36. The molecule has 0 saturated heterocycles. The highest BCUT2D eigenvalue weighted by molar-refractivity contribution is 9.09. The standard InChI is InChI=1S/C14H17BrN4O9S/c1-29(26,27)28-7-5-17(4-2-15)13-11(14(21)16-3-6-20)8-10(18(22)23)9-12(13)19(24)25/h6,8-9H,2-5,7H2,1H3,(H,16,21). The molecule has 0 aliphatic rings. The van der Waals surface area contributed by atoms with E-state index in [1.54, 1.807) is 0 Å². The predicted molar refractivity (Wildman–Crippen MR) is 105 cm³/mol. The number of nitrogens with one attached hydrogen (secondary N) is 1. The number of halogens is 1. The number of hydrogen-bond acceptors (Lipinski definition) is 10. The van der Waals surface area contributed by atoms with Crippen molar-refractivity contribution in [2.75, 3.05) is 42.7 Å². The maximum atomic E-state index is 12.4. The minimum Gasteiger partial charge on any atom is -0.362 e. The SMILES string of the molecule is CS(=O)(=O)OCCN(CCBr)c1c(C(=O)NCC=O)cc([N+](=O)[O-])cc1[N+](=O)[O-]. The van der Waals surface area contributed by atoms with Crippen molar-refractivity contribution in [3.05, 3.63) is 37.9 Å². The lowest BCUT2D eigenvalue weighted by Gasteiger charge is -2.25. The Bertz CT molecular complexity index is 907. The first-order chi connectivity index (χ1) is 13.5. The second-order valence-electron chi connectivity index (χ2n) is 5.45. The Balaban J connectivity index is 3.57. The van der Waals surface area contributed by atoms with E-state index in [9.17, 15) is 38.2 Å². The molecule has 1 rings (SSSR count). The Morgan fingerprint density at radius 3 is 2.41 bits per heavy atom. The molecular formula is C14H17BrN4O9S. The smallest absolute Gasteiger partial charge is 0.300 e. The van der Waals surface area contributed by atoms with Crippen LogP contribution < -0.4 is 10.2 Å². The fourth-order valence-corrected chi connectivity index (χ4v) is 3.13. The Hall–Kier alpha value is -2.65. The van der Waals surface area contributed by atoms with Crippen molar-refractivity contribution in [2.24, 2.45) is 0 Å². The van der Waals surface area contributed by atoms with E-state index in [-0.39, 0.29) is 30.7 Å². The van der Waals surface area contributed by atoms with Crippen molar-refractivity contribution >= 4 is 55.3 Å². The fourth-order valence-electron chi connectivity index (χ4n) is 2.32. The average molecular weight is 497 g/mol. The molecule has 1 aromatic rings. The van der Waals surface area contributed by atoms with Crippen LogP contribution in [-0.4, -0.2) is 68.3 Å². The maximum absolute atomic E-state index is 12.4. The summed E-state index contributed by atoms with van der Waals surface area (Å²) >= 11 is 3.16. The third-order valence-electron chi connectivity index (χ3n) is 3.40. The molecule has 0 unspecified atom stereocenters. The molecule has 0 spiro atoms.